The number of rotatable bonds is 2. The molecule has 3 heterocycles. The van der Waals surface area contributed by atoms with Crippen LogP contribution in [0.25, 0.3) is 0 Å². The highest BCUT2D eigenvalue weighted by atomic mass is 16.5. The molecule has 148 valence electrons. The van der Waals surface area contributed by atoms with Gasteiger partial charge in [-0.1, -0.05) is 0 Å². The number of benzene rings is 1. The van der Waals surface area contributed by atoms with Gasteiger partial charge in [0.1, 0.15) is 5.54 Å². The summed E-state index contributed by atoms with van der Waals surface area (Å²) in [6.07, 6.45) is 2.16. The third kappa shape index (κ3) is 2.60. The Labute approximate surface area is 161 Å². The fourth-order valence-corrected chi connectivity index (χ4v) is 4.83. The van der Waals surface area contributed by atoms with Crippen LogP contribution in [0.3, 0.4) is 0 Å². The minimum atomic E-state index is -0.911. The van der Waals surface area contributed by atoms with Crippen molar-refractivity contribution < 1.29 is 14.3 Å². The maximum atomic E-state index is 13.1. The Morgan fingerprint density at radius 3 is 2.86 bits per heavy atom. The maximum Gasteiger partial charge on any atom is 0.310 e. The normalized spacial score (nSPS) is 28.8. The van der Waals surface area contributed by atoms with Crippen LogP contribution in [0.2, 0.25) is 0 Å². The van der Waals surface area contributed by atoms with Crippen molar-refractivity contribution in [1.82, 2.24) is 4.90 Å². The summed E-state index contributed by atoms with van der Waals surface area (Å²) in [5, 5.41) is 2.95. The van der Waals surface area contributed by atoms with Gasteiger partial charge in [0.2, 0.25) is 11.9 Å². The second-order valence-electron chi connectivity index (χ2n) is 7.29. The van der Waals surface area contributed by atoms with Gasteiger partial charge in [0.25, 0.3) is 0 Å². The molecule has 2 saturated heterocycles. The second-order valence-corrected chi connectivity index (χ2v) is 7.29. The van der Waals surface area contributed by atoms with Crippen molar-refractivity contribution in [3.8, 4) is 0 Å². The van der Waals surface area contributed by atoms with Gasteiger partial charge in [-0.25, -0.2) is 4.99 Å². The summed E-state index contributed by atoms with van der Waals surface area (Å²) in [6, 6.07) is 5.29. The molecular weight excluding hydrogens is 362 g/mol. The highest BCUT2D eigenvalue weighted by Crippen LogP contribution is 2.55. The molecule has 10 nitrogen and oxygen atoms in total. The summed E-state index contributed by atoms with van der Waals surface area (Å²) in [7, 11) is 1.38. The number of ether oxygens (including phenoxy) is 1. The molecule has 3 atom stereocenters. The van der Waals surface area contributed by atoms with Crippen molar-refractivity contribution in [2.24, 2.45) is 33.1 Å². The molecule has 1 aromatic carbocycles. The number of guanidine groups is 2. The standard InChI is InChI=1S/C18H23N7O3/c1-28-14(26)10-8-18(25-6-2-3-13(10)25)11-7-9(22-17(21)24-16(19)20)4-5-12(11)23-15(18)27/h4-5,7,10,13H,2-3,6,8H2,1H3,(H,23,27)(H6,19,20,21,22,24). The van der Waals surface area contributed by atoms with Crippen LogP contribution in [0.5, 0.6) is 0 Å². The zero-order chi connectivity index (χ0) is 20.1. The quantitative estimate of drug-likeness (QED) is 0.309. The van der Waals surface area contributed by atoms with Gasteiger partial charge in [-0.15, -0.1) is 0 Å². The average Bonchev–Trinajstić information content (AvgIpc) is 3.29. The summed E-state index contributed by atoms with van der Waals surface area (Å²) in [5.41, 5.74) is 17.5. The number of carbonyl (C=O) groups is 2. The lowest BCUT2D eigenvalue weighted by Crippen LogP contribution is -2.47. The van der Waals surface area contributed by atoms with Gasteiger partial charge < -0.3 is 27.3 Å². The first-order valence-corrected chi connectivity index (χ1v) is 9.11. The lowest BCUT2D eigenvalue weighted by molar-refractivity contribution is -0.146. The molecule has 3 aliphatic rings. The van der Waals surface area contributed by atoms with E-state index in [9.17, 15) is 9.59 Å². The SMILES string of the molecule is COC(=O)C1CC2(C(=O)Nc3ccc(N=C(N)N=C(N)N)cc32)N2CCCC12. The summed E-state index contributed by atoms with van der Waals surface area (Å²) in [5.74, 6) is -1.01. The van der Waals surface area contributed by atoms with Crippen LogP contribution in [0.4, 0.5) is 11.4 Å². The number of esters is 1. The molecule has 0 aliphatic carbocycles. The van der Waals surface area contributed by atoms with Crippen LogP contribution < -0.4 is 22.5 Å². The molecule has 10 heteroatoms. The van der Waals surface area contributed by atoms with Gasteiger partial charge in [0.05, 0.1) is 18.7 Å². The van der Waals surface area contributed by atoms with Crippen molar-refractivity contribution in [3.63, 3.8) is 0 Å². The van der Waals surface area contributed by atoms with Gasteiger partial charge in [-0.3, -0.25) is 14.5 Å². The van der Waals surface area contributed by atoms with E-state index in [1.807, 2.05) is 0 Å². The fourth-order valence-electron chi connectivity index (χ4n) is 4.83. The van der Waals surface area contributed by atoms with Crippen LogP contribution in [0.15, 0.2) is 28.2 Å². The minimum absolute atomic E-state index is 0.0111. The predicted molar refractivity (Wildman–Crippen MR) is 104 cm³/mol. The number of amides is 1. The fraction of sp³-hybridized carbons (Fsp3) is 0.444. The van der Waals surface area contributed by atoms with E-state index in [-0.39, 0.29) is 35.8 Å². The van der Waals surface area contributed by atoms with E-state index in [1.165, 1.54) is 7.11 Å². The van der Waals surface area contributed by atoms with Gasteiger partial charge in [0.15, 0.2) is 5.96 Å². The average molecular weight is 385 g/mol. The van der Waals surface area contributed by atoms with E-state index in [1.54, 1.807) is 18.2 Å². The highest BCUT2D eigenvalue weighted by Gasteiger charge is 2.63. The first-order valence-electron chi connectivity index (χ1n) is 9.11. The van der Waals surface area contributed by atoms with E-state index >= 15 is 0 Å². The number of nitrogens with one attached hydrogen (secondary N) is 1. The number of aliphatic imine (C=N–C) groups is 2. The number of hydrogen-bond donors (Lipinski definition) is 4. The molecule has 4 rings (SSSR count). The van der Waals surface area contributed by atoms with Crippen LogP contribution in [0.1, 0.15) is 24.8 Å². The molecular formula is C18H23N7O3. The lowest BCUT2D eigenvalue weighted by atomic mass is 9.84. The Hall–Kier alpha value is -3.14. The number of anilines is 1. The number of carbonyl (C=O) groups excluding carboxylic acids is 2. The number of nitrogens with two attached hydrogens (primary N) is 3. The molecule has 0 radical (unpaired) electrons. The Bertz CT molecular complexity index is 908. The third-order valence-electron chi connectivity index (χ3n) is 5.83. The predicted octanol–water partition coefficient (Wildman–Crippen LogP) is -0.289. The zero-order valence-electron chi connectivity index (χ0n) is 15.5. The molecule has 28 heavy (non-hydrogen) atoms. The van der Waals surface area contributed by atoms with Crippen LogP contribution >= 0.6 is 0 Å². The van der Waals surface area contributed by atoms with Crippen molar-refractivity contribution in [2.75, 3.05) is 19.0 Å². The highest BCUT2D eigenvalue weighted by molar-refractivity contribution is 6.07. The van der Waals surface area contributed by atoms with Crippen molar-refractivity contribution in [2.45, 2.75) is 30.8 Å². The second kappa shape index (κ2) is 6.48. The van der Waals surface area contributed by atoms with Crippen LogP contribution in [0, 0.1) is 5.92 Å². The molecule has 2 fully saturated rings. The van der Waals surface area contributed by atoms with Crippen LogP contribution in [-0.2, 0) is 19.9 Å². The van der Waals surface area contributed by atoms with E-state index in [0.717, 1.165) is 24.9 Å². The van der Waals surface area contributed by atoms with Gasteiger partial charge in [-0.2, -0.15) is 4.99 Å². The topological polar surface area (TPSA) is 161 Å². The maximum absolute atomic E-state index is 13.1. The molecule has 0 saturated carbocycles. The Balaban J connectivity index is 1.79. The minimum Gasteiger partial charge on any atom is -0.469 e. The Kier molecular flexibility index (Phi) is 4.22. The molecule has 1 spiro atoms. The zero-order valence-corrected chi connectivity index (χ0v) is 15.5. The molecule has 7 N–H and O–H groups in total. The molecule has 3 aliphatic heterocycles. The van der Waals surface area contributed by atoms with Crippen molar-refractivity contribution in [1.29, 1.82) is 0 Å². The third-order valence-corrected chi connectivity index (χ3v) is 5.83. The van der Waals surface area contributed by atoms with Gasteiger partial charge in [0, 0.05) is 17.3 Å². The van der Waals surface area contributed by atoms with Gasteiger partial charge in [-0.05, 0) is 44.0 Å². The van der Waals surface area contributed by atoms with Gasteiger partial charge >= 0.3 is 5.97 Å². The number of methoxy groups -OCH3 is 1. The summed E-state index contributed by atoms with van der Waals surface area (Å²) < 4.78 is 5.01. The summed E-state index contributed by atoms with van der Waals surface area (Å²) in [6.45, 7) is 0.745. The Morgan fingerprint density at radius 1 is 1.36 bits per heavy atom. The van der Waals surface area contributed by atoms with E-state index < -0.39 is 5.54 Å². The van der Waals surface area contributed by atoms with Crippen LogP contribution in [-0.4, -0.2) is 48.4 Å². The Morgan fingerprint density at radius 2 is 2.14 bits per heavy atom. The van der Waals surface area contributed by atoms with Crippen molar-refractivity contribution in [3.05, 3.63) is 23.8 Å². The lowest BCUT2D eigenvalue weighted by Gasteiger charge is -2.32. The largest absolute Gasteiger partial charge is 0.469 e. The number of fused-ring (bicyclic) bond motifs is 4. The number of hydrogen-bond acceptors (Lipinski definition) is 5. The summed E-state index contributed by atoms with van der Waals surface area (Å²) in [4.78, 5) is 35.6. The summed E-state index contributed by atoms with van der Waals surface area (Å²) >= 11 is 0. The van der Waals surface area contributed by atoms with E-state index in [0.29, 0.717) is 17.8 Å². The first kappa shape index (κ1) is 18.2. The molecule has 3 unspecified atom stereocenters. The van der Waals surface area contributed by atoms with E-state index in [2.05, 4.69) is 20.2 Å². The van der Waals surface area contributed by atoms with E-state index in [4.69, 9.17) is 21.9 Å². The molecule has 0 bridgehead atoms. The molecule has 1 amide bonds. The molecule has 1 aromatic rings. The van der Waals surface area contributed by atoms with Crippen molar-refractivity contribution >= 4 is 35.2 Å². The monoisotopic (exact) mass is 385 g/mol. The molecule has 0 aromatic heterocycles. The first-order chi connectivity index (χ1) is 13.4. The number of nitrogens with zero attached hydrogens (tertiary/aromatic N) is 3. The smallest absolute Gasteiger partial charge is 0.310 e.